The molecule has 15 heteroatoms. The van der Waals surface area contributed by atoms with E-state index in [0.717, 1.165) is 40.2 Å². The van der Waals surface area contributed by atoms with E-state index in [0.29, 0.717) is 15.6 Å². The van der Waals surface area contributed by atoms with E-state index in [9.17, 15) is 33.0 Å². The molecule has 7 nitrogen and oxygen atoms in total. The van der Waals surface area contributed by atoms with Gasteiger partial charge in [-0.1, -0.05) is 34.9 Å². The van der Waals surface area contributed by atoms with Crippen LogP contribution in [0.4, 0.5) is 13.2 Å². The molecule has 27 heavy (non-hydrogen) atoms. The molecule has 0 aromatic carbocycles. The van der Waals surface area contributed by atoms with Gasteiger partial charge in [-0.15, -0.1) is 22.0 Å². The molecule has 0 bridgehead atoms. The van der Waals surface area contributed by atoms with Crippen LogP contribution >= 0.6 is 46.6 Å². The van der Waals surface area contributed by atoms with Crippen molar-refractivity contribution in [2.75, 3.05) is 5.08 Å². The first-order valence-corrected chi connectivity index (χ1v) is 10.6. The summed E-state index contributed by atoms with van der Waals surface area (Å²) in [7, 11) is 0. The topological polar surface area (TPSA) is 106 Å². The van der Waals surface area contributed by atoms with Gasteiger partial charge in [0.15, 0.2) is 4.34 Å². The average molecular weight is 484 g/mol. The molecule has 3 atom stereocenters. The molecule has 1 aromatic heterocycles. The van der Waals surface area contributed by atoms with E-state index in [2.05, 4.69) is 10.2 Å². The number of hydrogen-bond acceptors (Lipinski definition) is 10. The van der Waals surface area contributed by atoms with Crippen molar-refractivity contribution in [2.45, 2.75) is 28.9 Å². The number of aromatic nitrogens is 2. The largest absolute Gasteiger partial charge is 1.00 e. The molecule has 142 valence electrons. The molecule has 1 aromatic rings. The number of β-lactam (4-membered cyclic amide) rings is 1. The predicted molar refractivity (Wildman–Crippen MR) is 88.7 cm³/mol. The maximum absolute atomic E-state index is 12.5. The molecule has 0 aliphatic carbocycles. The van der Waals surface area contributed by atoms with Crippen LogP contribution < -0.4 is 56.5 Å². The number of aliphatic hydroxyl groups is 1. The first-order chi connectivity index (χ1) is 12.1. The van der Waals surface area contributed by atoms with Crippen LogP contribution in [0.25, 0.3) is 0 Å². The van der Waals surface area contributed by atoms with Crippen LogP contribution in [-0.2, 0) is 15.8 Å². The number of carbonyl (C=O) groups is 2. The van der Waals surface area contributed by atoms with E-state index in [1.165, 1.54) is 6.92 Å². The Balaban J connectivity index is 0.00000261. The van der Waals surface area contributed by atoms with Crippen molar-refractivity contribution in [3.8, 4) is 0 Å². The zero-order valence-corrected chi connectivity index (χ0v) is 20.1. The Bertz CT molecular complexity index is 788. The fraction of sp³-hybridized carbons (Fsp3) is 0.500. The van der Waals surface area contributed by atoms with Crippen molar-refractivity contribution in [2.24, 2.45) is 5.92 Å². The van der Waals surface area contributed by atoms with Gasteiger partial charge in [0.2, 0.25) is 10.9 Å². The minimum absolute atomic E-state index is 0. The summed E-state index contributed by atoms with van der Waals surface area (Å²) in [5.41, 5.74) is -0.263. The summed E-state index contributed by atoms with van der Waals surface area (Å²) in [4.78, 5) is 24.5. The third-order valence-electron chi connectivity index (χ3n) is 3.48. The molecule has 1 fully saturated rings. The van der Waals surface area contributed by atoms with Gasteiger partial charge in [-0.3, -0.25) is 9.69 Å². The normalized spacial score (nSPS) is 23.0. The Morgan fingerprint density at radius 2 is 2.07 bits per heavy atom. The van der Waals surface area contributed by atoms with Gasteiger partial charge >= 0.3 is 57.6 Å². The molecule has 2 aliphatic heterocycles. The number of carboxylic acid groups (broad SMARTS) is 1. The van der Waals surface area contributed by atoms with Gasteiger partial charge in [0, 0.05) is 0 Å². The summed E-state index contributed by atoms with van der Waals surface area (Å²) >= 11 is 3.57. The van der Waals surface area contributed by atoms with Crippen molar-refractivity contribution in [1.29, 1.82) is 0 Å². The predicted octanol–water partition coefficient (Wildman–Crippen LogP) is -1.83. The van der Waals surface area contributed by atoms with E-state index < -0.39 is 40.5 Å². The number of carbonyl (C=O) groups excluding carboxylic acids is 2. The number of carboxylic acids is 1. The first-order valence-electron chi connectivity index (χ1n) is 6.91. The number of halogens is 3. The fourth-order valence-electron chi connectivity index (χ4n) is 2.36. The van der Waals surface area contributed by atoms with Crippen molar-refractivity contribution in [1.82, 2.24) is 15.1 Å². The zero-order valence-electron chi connectivity index (χ0n) is 13.7. The van der Waals surface area contributed by atoms with Crippen LogP contribution in [0, 0.1) is 5.92 Å². The third kappa shape index (κ3) is 4.88. The number of aliphatic hydroxyl groups excluding tert-OH is 1. The summed E-state index contributed by atoms with van der Waals surface area (Å²) in [6.07, 6.45) is -5.47. The molecule has 0 spiro atoms. The monoisotopic (exact) mass is 483 g/mol. The first kappa shape index (κ1) is 24.0. The number of rotatable bonds is 6. The van der Waals surface area contributed by atoms with Crippen molar-refractivity contribution in [3.63, 3.8) is 0 Å². The molecule has 3 rings (SSSR count). The van der Waals surface area contributed by atoms with E-state index in [-0.39, 0.29) is 66.5 Å². The SMILES string of the molecule is C[C@@H](O)[C@H]1C(=O)N2C(C(=O)[O-])=C(SCSc3nnc(C(F)(F)F)s3)S[C@H]12.[K+]. The van der Waals surface area contributed by atoms with Crippen molar-refractivity contribution < 1.29 is 84.4 Å². The number of amides is 1. The average Bonchev–Trinajstić information content (AvgIpc) is 3.09. The van der Waals surface area contributed by atoms with Crippen LogP contribution in [-0.4, -0.2) is 48.6 Å². The summed E-state index contributed by atoms with van der Waals surface area (Å²) in [5.74, 6) is -2.70. The Morgan fingerprint density at radius 3 is 2.59 bits per heavy atom. The molecule has 1 saturated heterocycles. The number of alkyl halides is 3. The number of aliphatic carboxylic acids is 1. The molecule has 3 heterocycles. The number of hydrogen-bond donors (Lipinski definition) is 1. The molecule has 0 unspecified atom stereocenters. The van der Waals surface area contributed by atoms with Crippen LogP contribution in [0.5, 0.6) is 0 Å². The molecule has 0 saturated carbocycles. The van der Waals surface area contributed by atoms with Gasteiger partial charge in [0.05, 0.1) is 33.0 Å². The van der Waals surface area contributed by atoms with Crippen molar-refractivity contribution in [3.05, 3.63) is 14.9 Å². The maximum Gasteiger partial charge on any atom is 1.00 e. The van der Waals surface area contributed by atoms with E-state index >= 15 is 0 Å². The van der Waals surface area contributed by atoms with Crippen LogP contribution in [0.3, 0.4) is 0 Å². The number of fused-ring (bicyclic) bond motifs is 1. The summed E-state index contributed by atoms with van der Waals surface area (Å²) in [6, 6.07) is 0. The quantitative estimate of drug-likeness (QED) is 0.217. The van der Waals surface area contributed by atoms with Crippen LogP contribution in [0.15, 0.2) is 14.3 Å². The second-order valence-corrected chi connectivity index (χ2v) is 10.1. The summed E-state index contributed by atoms with van der Waals surface area (Å²) < 4.78 is 37.9. The zero-order chi connectivity index (χ0) is 19.2. The molecule has 1 N–H and O–H groups in total. The summed E-state index contributed by atoms with van der Waals surface area (Å²) in [6.45, 7) is 1.45. The van der Waals surface area contributed by atoms with Gasteiger partial charge in [-0.2, -0.15) is 13.2 Å². The summed E-state index contributed by atoms with van der Waals surface area (Å²) in [5, 5.41) is 26.1. The molecule has 2 aliphatic rings. The van der Waals surface area contributed by atoms with Gasteiger partial charge < -0.3 is 15.0 Å². The Morgan fingerprint density at radius 1 is 1.41 bits per heavy atom. The Labute approximate surface area is 210 Å². The number of thioether (sulfide) groups is 3. The smallest absolute Gasteiger partial charge is 0.543 e. The number of nitrogens with zero attached hydrogens (tertiary/aromatic N) is 3. The van der Waals surface area contributed by atoms with Gasteiger partial charge in [0.25, 0.3) is 0 Å². The van der Waals surface area contributed by atoms with E-state index in [1.54, 1.807) is 0 Å². The van der Waals surface area contributed by atoms with Gasteiger partial charge in [0.1, 0.15) is 5.37 Å². The second kappa shape index (κ2) is 9.22. The minimum Gasteiger partial charge on any atom is -0.543 e. The Hall–Kier alpha value is 0.676. The third-order valence-corrected chi connectivity index (χ3v) is 8.37. The van der Waals surface area contributed by atoms with E-state index in [4.69, 9.17) is 0 Å². The van der Waals surface area contributed by atoms with E-state index in [1.807, 2.05) is 0 Å². The molecular formula is C12H9F3KN3O4S4. The van der Waals surface area contributed by atoms with Gasteiger partial charge in [-0.25, -0.2) is 0 Å². The minimum atomic E-state index is -4.56. The van der Waals surface area contributed by atoms with Crippen LogP contribution in [0.1, 0.15) is 11.9 Å². The standard InChI is InChI=1S/C12H10F3N3O4S4.K/c1-3(19)4-6(20)18-5(8(21)22)9(25-7(4)18)23-2-24-11-17-16-10(26-11)12(13,14)15;/h3-4,7,19H,2H2,1H3,(H,21,22);/q;+1/p-1/t3-,4+,7-;/m1./s1. The van der Waals surface area contributed by atoms with Crippen LogP contribution in [0.2, 0.25) is 0 Å². The maximum atomic E-state index is 12.5. The molecule has 0 radical (unpaired) electrons. The van der Waals surface area contributed by atoms with Gasteiger partial charge in [-0.05, 0) is 6.92 Å². The fourth-order valence-corrected chi connectivity index (χ4v) is 7.51. The van der Waals surface area contributed by atoms with Crippen molar-refractivity contribution >= 4 is 58.5 Å². The molecular weight excluding hydrogens is 475 g/mol. The molecule has 1 amide bonds. The Kier molecular flexibility index (Phi) is 8.18. The second-order valence-electron chi connectivity index (χ2n) is 5.18.